The van der Waals surface area contributed by atoms with Gasteiger partial charge >= 0.3 is 6.03 Å². The Morgan fingerprint density at radius 1 is 1.38 bits per heavy atom. The van der Waals surface area contributed by atoms with Gasteiger partial charge in [-0.2, -0.15) is 0 Å². The third kappa shape index (κ3) is 3.63. The predicted molar refractivity (Wildman–Crippen MR) is 79.3 cm³/mol. The number of anilines is 2. The van der Waals surface area contributed by atoms with Crippen LogP contribution in [0.3, 0.4) is 0 Å². The van der Waals surface area contributed by atoms with E-state index in [0.717, 1.165) is 19.4 Å². The molecule has 3 heterocycles. The van der Waals surface area contributed by atoms with E-state index in [1.54, 1.807) is 24.0 Å². The maximum Gasteiger partial charge on any atom is 0.321 e. The summed E-state index contributed by atoms with van der Waals surface area (Å²) in [5, 5.41) is 13.6. The van der Waals surface area contributed by atoms with Crippen molar-refractivity contribution < 1.29 is 4.79 Å². The normalized spacial score (nSPS) is 18.3. The van der Waals surface area contributed by atoms with Crippen molar-refractivity contribution in [3.05, 3.63) is 24.0 Å². The van der Waals surface area contributed by atoms with Crippen LogP contribution >= 0.6 is 11.3 Å². The maximum atomic E-state index is 11.9. The second-order valence-corrected chi connectivity index (χ2v) is 5.51. The van der Waals surface area contributed by atoms with Gasteiger partial charge in [0.1, 0.15) is 5.51 Å². The van der Waals surface area contributed by atoms with Crippen LogP contribution in [0.25, 0.3) is 0 Å². The topological polar surface area (TPSA) is 95.9 Å². The van der Waals surface area contributed by atoms with Gasteiger partial charge in [-0.1, -0.05) is 11.3 Å². The minimum absolute atomic E-state index is 0.0653. The molecule has 0 bridgehead atoms. The molecule has 1 aliphatic heterocycles. The van der Waals surface area contributed by atoms with Gasteiger partial charge in [0.25, 0.3) is 0 Å². The number of rotatable bonds is 3. The summed E-state index contributed by atoms with van der Waals surface area (Å²) in [5.74, 6) is 0.702. The minimum Gasteiger partial charge on any atom is -0.339 e. The summed E-state index contributed by atoms with van der Waals surface area (Å²) in [7, 11) is 0. The molecule has 0 aliphatic carbocycles. The summed E-state index contributed by atoms with van der Waals surface area (Å²) in [6.45, 7) is 1.60. The average molecular weight is 305 g/mol. The zero-order valence-corrected chi connectivity index (χ0v) is 12.1. The number of carbonyl (C=O) groups excluding carboxylic acids is 1. The number of hydrogen-bond acceptors (Lipinski definition) is 7. The van der Waals surface area contributed by atoms with Gasteiger partial charge in [-0.25, -0.2) is 14.8 Å². The predicted octanol–water partition coefficient (Wildman–Crippen LogP) is 1.12. The number of piperidine rings is 1. The van der Waals surface area contributed by atoms with E-state index in [9.17, 15) is 4.79 Å². The molecule has 0 aromatic carbocycles. The van der Waals surface area contributed by atoms with Crippen LogP contribution in [0, 0.1) is 0 Å². The smallest absolute Gasteiger partial charge is 0.321 e. The van der Waals surface area contributed by atoms with E-state index in [1.807, 2.05) is 0 Å². The molecule has 2 amide bonds. The molecule has 3 rings (SSSR count). The number of urea groups is 1. The number of nitrogens with zero attached hydrogens (tertiary/aromatic N) is 5. The van der Waals surface area contributed by atoms with E-state index in [2.05, 4.69) is 35.7 Å². The number of carbonyl (C=O) groups is 1. The summed E-state index contributed by atoms with van der Waals surface area (Å²) < 4.78 is 0. The largest absolute Gasteiger partial charge is 0.339 e. The molecule has 8 nitrogen and oxygen atoms in total. The Hall–Kier alpha value is -2.29. The minimum atomic E-state index is -0.257. The number of nitrogens with one attached hydrogen (secondary N) is 2. The number of amides is 2. The van der Waals surface area contributed by atoms with Crippen molar-refractivity contribution in [2.45, 2.75) is 18.9 Å². The molecular formula is C12H15N7OS. The van der Waals surface area contributed by atoms with Crippen molar-refractivity contribution in [3.63, 3.8) is 0 Å². The lowest BCUT2D eigenvalue weighted by atomic mass is 10.1. The number of aromatic nitrogens is 4. The fourth-order valence-corrected chi connectivity index (χ4v) is 2.72. The Bertz CT molecular complexity index is 577. The Morgan fingerprint density at radius 3 is 3.00 bits per heavy atom. The Kier molecular flexibility index (Phi) is 4.20. The summed E-state index contributed by atoms with van der Waals surface area (Å²) >= 11 is 1.29. The van der Waals surface area contributed by atoms with Crippen LogP contribution in [0.2, 0.25) is 0 Å². The van der Waals surface area contributed by atoms with E-state index in [1.165, 1.54) is 11.3 Å². The van der Waals surface area contributed by atoms with Crippen LogP contribution in [-0.2, 0) is 0 Å². The molecular weight excluding hydrogens is 290 g/mol. The molecule has 9 heteroatoms. The van der Waals surface area contributed by atoms with Crippen LogP contribution in [0.1, 0.15) is 12.8 Å². The fourth-order valence-electron chi connectivity index (χ4n) is 2.28. The average Bonchev–Trinajstić information content (AvgIpc) is 3.01. The molecule has 1 aliphatic rings. The number of hydrogen-bond donors (Lipinski definition) is 2. The summed E-state index contributed by atoms with van der Waals surface area (Å²) in [5.41, 5.74) is 1.57. The van der Waals surface area contributed by atoms with E-state index in [-0.39, 0.29) is 12.1 Å². The van der Waals surface area contributed by atoms with Gasteiger partial charge in [-0.3, -0.25) is 5.32 Å². The first-order valence-electron chi connectivity index (χ1n) is 6.67. The third-order valence-corrected chi connectivity index (χ3v) is 3.78. The second-order valence-electron chi connectivity index (χ2n) is 4.68. The lowest BCUT2D eigenvalue weighted by Gasteiger charge is -2.32. The molecule has 0 saturated carbocycles. The first kappa shape index (κ1) is 13.7. The van der Waals surface area contributed by atoms with Gasteiger partial charge in [-0.05, 0) is 18.9 Å². The molecule has 0 radical (unpaired) electrons. The summed E-state index contributed by atoms with van der Waals surface area (Å²) in [6.07, 6.45) is 5.37. The molecule has 21 heavy (non-hydrogen) atoms. The van der Waals surface area contributed by atoms with Crippen LogP contribution < -0.4 is 15.5 Å². The van der Waals surface area contributed by atoms with Crippen molar-refractivity contribution in [1.29, 1.82) is 0 Å². The maximum absolute atomic E-state index is 11.9. The summed E-state index contributed by atoms with van der Waals surface area (Å²) in [4.78, 5) is 22.5. The highest BCUT2D eigenvalue weighted by atomic mass is 32.1. The Labute approximate surface area is 125 Å². The highest BCUT2D eigenvalue weighted by molar-refractivity contribution is 7.13. The van der Waals surface area contributed by atoms with E-state index < -0.39 is 0 Å². The SMILES string of the molecule is O=C(Nc1nncs1)N[C@H]1CCCN(c2ncccn2)C1. The monoisotopic (exact) mass is 305 g/mol. The van der Waals surface area contributed by atoms with E-state index in [0.29, 0.717) is 17.6 Å². The fraction of sp³-hybridized carbons (Fsp3) is 0.417. The standard InChI is InChI=1S/C12H15N7OS/c20-11(17-12-18-15-8-21-12)16-9-3-1-6-19(7-9)10-13-4-2-5-14-10/h2,4-5,8-9H,1,3,6-7H2,(H2,16,17,18,20)/t9-/m0/s1. The third-order valence-electron chi connectivity index (χ3n) is 3.17. The van der Waals surface area contributed by atoms with Gasteiger partial charge in [-0.15, -0.1) is 10.2 Å². The van der Waals surface area contributed by atoms with Gasteiger partial charge in [0, 0.05) is 31.5 Å². The second kappa shape index (κ2) is 6.44. The highest BCUT2D eigenvalue weighted by Gasteiger charge is 2.23. The molecule has 0 spiro atoms. The van der Waals surface area contributed by atoms with Gasteiger partial charge in [0.15, 0.2) is 0 Å². The van der Waals surface area contributed by atoms with Gasteiger partial charge < -0.3 is 10.2 Å². The zero-order valence-electron chi connectivity index (χ0n) is 11.3. The van der Waals surface area contributed by atoms with E-state index >= 15 is 0 Å². The van der Waals surface area contributed by atoms with Crippen molar-refractivity contribution in [2.24, 2.45) is 0 Å². The van der Waals surface area contributed by atoms with E-state index in [4.69, 9.17) is 0 Å². The quantitative estimate of drug-likeness (QED) is 0.882. The molecule has 2 aromatic rings. The Morgan fingerprint density at radius 2 is 2.24 bits per heavy atom. The summed E-state index contributed by atoms with van der Waals surface area (Å²) in [6, 6.07) is 1.60. The molecule has 1 saturated heterocycles. The molecule has 0 unspecified atom stereocenters. The van der Waals surface area contributed by atoms with Crippen molar-refractivity contribution in [3.8, 4) is 0 Å². The molecule has 1 atom stereocenters. The van der Waals surface area contributed by atoms with Crippen LogP contribution in [0.4, 0.5) is 15.9 Å². The van der Waals surface area contributed by atoms with Gasteiger partial charge in [0.05, 0.1) is 0 Å². The van der Waals surface area contributed by atoms with Crippen molar-refractivity contribution >= 4 is 28.4 Å². The lowest BCUT2D eigenvalue weighted by molar-refractivity contribution is 0.246. The highest BCUT2D eigenvalue weighted by Crippen LogP contribution is 2.15. The Balaban J connectivity index is 1.55. The van der Waals surface area contributed by atoms with Crippen LogP contribution in [-0.4, -0.2) is 45.3 Å². The zero-order chi connectivity index (χ0) is 14.5. The van der Waals surface area contributed by atoms with Gasteiger partial charge in [0.2, 0.25) is 11.1 Å². The van der Waals surface area contributed by atoms with Crippen LogP contribution in [0.15, 0.2) is 24.0 Å². The molecule has 110 valence electrons. The van der Waals surface area contributed by atoms with Crippen molar-refractivity contribution in [1.82, 2.24) is 25.5 Å². The molecule has 2 N–H and O–H groups in total. The first-order valence-corrected chi connectivity index (χ1v) is 7.55. The van der Waals surface area contributed by atoms with Crippen LogP contribution in [0.5, 0.6) is 0 Å². The molecule has 1 fully saturated rings. The molecule has 2 aromatic heterocycles. The first-order chi connectivity index (χ1) is 10.3. The van der Waals surface area contributed by atoms with Crippen molar-refractivity contribution in [2.75, 3.05) is 23.3 Å². The lowest BCUT2D eigenvalue weighted by Crippen LogP contribution is -2.49.